The maximum Gasteiger partial charge on any atom is 0.243 e. The lowest BCUT2D eigenvalue weighted by atomic mass is 9.96. The number of aliphatic hydroxyl groups is 1. The molecule has 0 aliphatic carbocycles. The molecule has 2 aromatic rings. The lowest BCUT2D eigenvalue weighted by Gasteiger charge is -2.36. The molecule has 1 aromatic heterocycles. The number of nitrogens with one attached hydrogen (secondary N) is 2. The van der Waals surface area contributed by atoms with Crippen LogP contribution in [0.1, 0.15) is 24.5 Å². The number of carbonyl (C=O) groups excluding carboxylic acids is 1. The summed E-state index contributed by atoms with van der Waals surface area (Å²) in [7, 11) is 3.00. The zero-order chi connectivity index (χ0) is 27.4. The highest BCUT2D eigenvalue weighted by Crippen LogP contribution is 2.47. The maximum atomic E-state index is 11.7. The molecule has 2 aliphatic heterocycles. The van der Waals surface area contributed by atoms with Crippen LogP contribution in [-0.4, -0.2) is 85.1 Å². The van der Waals surface area contributed by atoms with Crippen LogP contribution in [0.5, 0.6) is 11.5 Å². The van der Waals surface area contributed by atoms with Crippen molar-refractivity contribution in [3.8, 4) is 11.5 Å². The van der Waals surface area contributed by atoms with E-state index in [0.717, 1.165) is 13.0 Å². The number of ether oxygens (including phenoxy) is 2. The molecular weight excluding hydrogens is 531 g/mol. The van der Waals surface area contributed by atoms with Crippen molar-refractivity contribution >= 4 is 52.5 Å². The molecule has 3 N–H and O–H groups in total. The second-order valence-electron chi connectivity index (χ2n) is 8.95. The number of hydrogen-bond donors (Lipinski definition) is 3. The SMILES string of the molecule is C=CC(=O)N[C@H]1CCN(CCN2c3nc(NCC)ncc3C=C(c3c(Cl)c(OC)cc(OC)c3Cl)C2O)C1. The van der Waals surface area contributed by atoms with Crippen molar-refractivity contribution in [2.24, 2.45) is 0 Å². The fourth-order valence-electron chi connectivity index (χ4n) is 4.71. The topological polar surface area (TPSA) is 112 Å². The van der Waals surface area contributed by atoms with Crippen molar-refractivity contribution in [3.05, 3.63) is 46.1 Å². The molecular formula is C26H32Cl2N6O4. The smallest absolute Gasteiger partial charge is 0.243 e. The van der Waals surface area contributed by atoms with E-state index in [4.69, 9.17) is 32.7 Å². The van der Waals surface area contributed by atoms with Crippen LogP contribution in [0.15, 0.2) is 24.9 Å². The van der Waals surface area contributed by atoms with Gasteiger partial charge in [-0.3, -0.25) is 9.69 Å². The van der Waals surface area contributed by atoms with Gasteiger partial charge in [0.25, 0.3) is 0 Å². The summed E-state index contributed by atoms with van der Waals surface area (Å²) in [6, 6.07) is 1.66. The first kappa shape index (κ1) is 28.0. The predicted octanol–water partition coefficient (Wildman–Crippen LogP) is 3.29. The van der Waals surface area contributed by atoms with E-state index >= 15 is 0 Å². The molecule has 204 valence electrons. The molecule has 1 aromatic carbocycles. The monoisotopic (exact) mass is 562 g/mol. The highest BCUT2D eigenvalue weighted by atomic mass is 35.5. The van der Waals surface area contributed by atoms with Crippen LogP contribution in [0.4, 0.5) is 11.8 Å². The normalized spacial score (nSPS) is 19.0. The summed E-state index contributed by atoms with van der Waals surface area (Å²) in [6.45, 7) is 8.74. The highest BCUT2D eigenvalue weighted by Gasteiger charge is 2.34. The predicted molar refractivity (Wildman–Crippen MR) is 150 cm³/mol. The lowest BCUT2D eigenvalue weighted by Crippen LogP contribution is -2.44. The van der Waals surface area contributed by atoms with Crippen LogP contribution in [-0.2, 0) is 4.79 Å². The summed E-state index contributed by atoms with van der Waals surface area (Å²) in [5.74, 6) is 1.62. The second kappa shape index (κ2) is 12.2. The van der Waals surface area contributed by atoms with Gasteiger partial charge in [-0.1, -0.05) is 29.8 Å². The number of benzene rings is 1. The number of aliphatic hydroxyl groups excluding tert-OH is 1. The highest BCUT2D eigenvalue weighted by molar-refractivity contribution is 6.40. The Balaban J connectivity index is 1.68. The molecule has 0 saturated carbocycles. The summed E-state index contributed by atoms with van der Waals surface area (Å²) in [4.78, 5) is 24.8. The lowest BCUT2D eigenvalue weighted by molar-refractivity contribution is -0.117. The van der Waals surface area contributed by atoms with E-state index in [9.17, 15) is 9.90 Å². The van der Waals surface area contributed by atoms with Crippen LogP contribution in [0.2, 0.25) is 10.0 Å². The Hall–Kier alpha value is -3.05. The molecule has 2 aliphatic rings. The van der Waals surface area contributed by atoms with E-state index in [1.807, 2.05) is 6.92 Å². The van der Waals surface area contributed by atoms with E-state index < -0.39 is 6.23 Å². The Bertz CT molecular complexity index is 1210. The van der Waals surface area contributed by atoms with Crippen LogP contribution >= 0.6 is 23.2 Å². The number of anilines is 2. The zero-order valence-corrected chi connectivity index (χ0v) is 23.1. The number of fused-ring (bicyclic) bond motifs is 1. The molecule has 10 nitrogen and oxygen atoms in total. The number of nitrogens with zero attached hydrogens (tertiary/aromatic N) is 4. The van der Waals surface area contributed by atoms with Crippen molar-refractivity contribution < 1.29 is 19.4 Å². The Morgan fingerprint density at radius 2 is 1.97 bits per heavy atom. The average Bonchev–Trinajstić information content (AvgIpc) is 3.36. The first-order valence-corrected chi connectivity index (χ1v) is 13.1. The van der Waals surface area contributed by atoms with Gasteiger partial charge in [0, 0.05) is 67.7 Å². The number of methoxy groups -OCH3 is 2. The van der Waals surface area contributed by atoms with Gasteiger partial charge in [-0.2, -0.15) is 4.98 Å². The Morgan fingerprint density at radius 1 is 1.26 bits per heavy atom. The van der Waals surface area contributed by atoms with E-state index in [-0.39, 0.29) is 22.0 Å². The van der Waals surface area contributed by atoms with Crippen molar-refractivity contribution in [1.82, 2.24) is 20.2 Å². The summed E-state index contributed by atoms with van der Waals surface area (Å²) >= 11 is 13.4. The number of halogens is 2. The standard InChI is InChI=1S/C26H32Cl2N6O4/c1-5-20(35)31-16-7-8-33(14-16)9-10-34-24-15(13-30-26(32-24)29-6-2)11-17(25(34)36)21-22(27)18(37-3)12-19(38-4)23(21)28/h5,11-13,16,25,36H,1,6-10,14H2,2-4H3,(H,31,35)(H,29,30,32)/t16-,25?/m0/s1. The summed E-state index contributed by atoms with van der Waals surface area (Å²) < 4.78 is 10.9. The first-order valence-electron chi connectivity index (χ1n) is 12.3. The Kier molecular flexibility index (Phi) is 8.99. The number of amides is 1. The first-order chi connectivity index (χ1) is 18.3. The molecule has 3 heterocycles. The van der Waals surface area contributed by atoms with Gasteiger partial charge in [-0.05, 0) is 25.5 Å². The fraction of sp³-hybridized carbons (Fsp3) is 0.423. The minimum atomic E-state index is -1.11. The molecule has 0 bridgehead atoms. The molecule has 1 amide bonds. The van der Waals surface area contributed by atoms with Crippen LogP contribution in [0.25, 0.3) is 11.6 Å². The Morgan fingerprint density at radius 3 is 2.61 bits per heavy atom. The third kappa shape index (κ3) is 5.68. The van der Waals surface area contributed by atoms with Gasteiger partial charge in [0.1, 0.15) is 17.3 Å². The number of carbonyl (C=O) groups is 1. The quantitative estimate of drug-likeness (QED) is 0.375. The third-order valence-corrected chi connectivity index (χ3v) is 7.36. The maximum absolute atomic E-state index is 11.7. The fourth-order valence-corrected chi connectivity index (χ4v) is 5.43. The number of hydrogen-bond acceptors (Lipinski definition) is 9. The minimum Gasteiger partial charge on any atom is -0.495 e. The van der Waals surface area contributed by atoms with Crippen molar-refractivity contribution in [2.45, 2.75) is 25.6 Å². The third-order valence-electron chi connectivity index (χ3n) is 6.61. The van der Waals surface area contributed by atoms with Gasteiger partial charge < -0.3 is 30.1 Å². The van der Waals surface area contributed by atoms with E-state index in [0.29, 0.717) is 66.1 Å². The van der Waals surface area contributed by atoms with Gasteiger partial charge in [-0.15, -0.1) is 0 Å². The van der Waals surface area contributed by atoms with Crippen molar-refractivity contribution in [2.75, 3.05) is 57.2 Å². The van der Waals surface area contributed by atoms with Crippen LogP contribution < -0.4 is 25.0 Å². The van der Waals surface area contributed by atoms with E-state index in [1.165, 1.54) is 20.3 Å². The summed E-state index contributed by atoms with van der Waals surface area (Å²) in [5.41, 5.74) is 1.59. The molecule has 38 heavy (non-hydrogen) atoms. The Labute approximate surface area is 232 Å². The van der Waals surface area contributed by atoms with Crippen molar-refractivity contribution in [3.63, 3.8) is 0 Å². The molecule has 12 heteroatoms. The van der Waals surface area contributed by atoms with E-state index in [2.05, 4.69) is 32.1 Å². The molecule has 2 atom stereocenters. The number of likely N-dealkylation sites (tertiary alicyclic amines) is 1. The number of rotatable bonds is 10. The minimum absolute atomic E-state index is 0.0547. The van der Waals surface area contributed by atoms with Crippen LogP contribution in [0.3, 0.4) is 0 Å². The van der Waals surface area contributed by atoms with Gasteiger partial charge in [0.15, 0.2) is 6.23 Å². The molecule has 1 fully saturated rings. The van der Waals surface area contributed by atoms with Gasteiger partial charge in [0.05, 0.1) is 24.3 Å². The van der Waals surface area contributed by atoms with Gasteiger partial charge in [0.2, 0.25) is 11.9 Å². The largest absolute Gasteiger partial charge is 0.495 e. The van der Waals surface area contributed by atoms with Crippen LogP contribution in [0, 0.1) is 0 Å². The van der Waals surface area contributed by atoms with Gasteiger partial charge >= 0.3 is 0 Å². The summed E-state index contributed by atoms with van der Waals surface area (Å²) in [6.07, 6.45) is 4.50. The zero-order valence-electron chi connectivity index (χ0n) is 21.6. The second-order valence-corrected chi connectivity index (χ2v) is 9.71. The average molecular weight is 563 g/mol. The van der Waals surface area contributed by atoms with Gasteiger partial charge in [-0.25, -0.2) is 4.98 Å². The molecule has 0 radical (unpaired) electrons. The summed E-state index contributed by atoms with van der Waals surface area (Å²) in [5, 5.41) is 18.3. The van der Waals surface area contributed by atoms with Crippen molar-refractivity contribution in [1.29, 1.82) is 0 Å². The van der Waals surface area contributed by atoms with E-state index in [1.54, 1.807) is 23.2 Å². The molecule has 0 spiro atoms. The number of aromatic nitrogens is 2. The molecule has 1 unspecified atom stereocenters. The molecule has 1 saturated heterocycles. The molecule has 4 rings (SSSR count).